The van der Waals surface area contributed by atoms with Gasteiger partial charge >= 0.3 is 0 Å². The number of rotatable bonds is 10. The number of hydrogen-bond donors (Lipinski definition) is 3. The minimum Gasteiger partial charge on any atom is -0.494 e. The number of benzene rings is 2. The van der Waals surface area contributed by atoms with Crippen LogP contribution in [-0.2, 0) is 5.75 Å². The number of thioether (sulfide) groups is 1. The maximum absolute atomic E-state index is 13.5. The van der Waals surface area contributed by atoms with Gasteiger partial charge < -0.3 is 20.9 Å². The second kappa shape index (κ2) is 12.4. The number of nitrogen functional groups attached to an aromatic ring is 1. The van der Waals surface area contributed by atoms with E-state index in [4.69, 9.17) is 15.6 Å². The summed E-state index contributed by atoms with van der Waals surface area (Å²) >= 11 is 2.71. The fourth-order valence-electron chi connectivity index (χ4n) is 3.58. The molecular weight excluding hydrogens is 523 g/mol. The van der Waals surface area contributed by atoms with Gasteiger partial charge in [-0.05, 0) is 48.4 Å². The van der Waals surface area contributed by atoms with E-state index in [0.29, 0.717) is 51.4 Å². The molecule has 0 amide bonds. The lowest BCUT2D eigenvalue weighted by atomic mass is 9.97. The number of nitrogens with two attached hydrogens (primary N) is 1. The normalized spacial score (nSPS) is 10.6. The molecule has 4 rings (SSSR count). The van der Waals surface area contributed by atoms with Crippen molar-refractivity contribution in [2.24, 2.45) is 0 Å². The van der Waals surface area contributed by atoms with Crippen molar-refractivity contribution in [2.45, 2.75) is 24.1 Å². The van der Waals surface area contributed by atoms with Gasteiger partial charge in [-0.3, -0.25) is 0 Å². The van der Waals surface area contributed by atoms with E-state index in [1.54, 1.807) is 43.3 Å². The fraction of sp³-hybridized carbons (Fsp3) is 0.185. The van der Waals surface area contributed by atoms with Crippen LogP contribution >= 0.6 is 23.1 Å². The number of nitriles is 2. The number of nitrogens with one attached hydrogen (secondary N) is 1. The highest BCUT2D eigenvalue weighted by Gasteiger charge is 2.21. The molecule has 0 bridgehead atoms. The SMILES string of the molecule is Cc1cc(Nc2nc(CSc3nc(N)c(C#N)c(-c4ccc(OCCCO)cc4)c3C#N)cs2)ccc1F. The second-order valence-corrected chi connectivity index (χ2v) is 9.94. The number of aliphatic hydroxyl groups excluding tert-OH is 1. The number of anilines is 3. The van der Waals surface area contributed by atoms with Crippen LogP contribution in [0, 0.1) is 35.4 Å². The van der Waals surface area contributed by atoms with Crippen LogP contribution in [0.2, 0.25) is 0 Å². The number of aromatic nitrogens is 2. The fourth-order valence-corrected chi connectivity index (χ4v) is 5.31. The lowest BCUT2D eigenvalue weighted by molar-refractivity contribution is 0.233. The summed E-state index contributed by atoms with van der Waals surface area (Å²) < 4.78 is 19.1. The van der Waals surface area contributed by atoms with Crippen LogP contribution in [0.3, 0.4) is 0 Å². The highest BCUT2D eigenvalue weighted by molar-refractivity contribution is 7.98. The Morgan fingerprint density at radius 3 is 2.58 bits per heavy atom. The lowest BCUT2D eigenvalue weighted by Crippen LogP contribution is -2.04. The standard InChI is InChI=1S/C27H23FN6O2S2/c1-16-11-18(5-8-23(16)28)32-27-33-19(15-38-27)14-37-26-22(13-30)24(21(12-29)25(31)34-26)17-3-6-20(7-4-17)36-10-2-9-35/h3-8,11,15,35H,2,9-10,14H2,1H3,(H2,31,34)(H,32,33). The molecule has 0 unspecified atom stereocenters. The van der Waals surface area contributed by atoms with E-state index in [-0.39, 0.29) is 29.4 Å². The first-order chi connectivity index (χ1) is 18.4. The molecule has 0 aliphatic rings. The molecule has 0 atom stereocenters. The monoisotopic (exact) mass is 546 g/mol. The molecule has 4 aromatic rings. The average Bonchev–Trinajstić information content (AvgIpc) is 3.37. The minimum atomic E-state index is -0.268. The summed E-state index contributed by atoms with van der Waals surface area (Å²) in [6, 6.07) is 16.0. The molecule has 0 fully saturated rings. The van der Waals surface area contributed by atoms with E-state index in [2.05, 4.69) is 27.4 Å². The Bertz CT molecular complexity index is 1530. The number of nitrogens with zero attached hydrogens (tertiary/aromatic N) is 4. The maximum atomic E-state index is 13.5. The van der Waals surface area contributed by atoms with Gasteiger partial charge in [0.25, 0.3) is 0 Å². The molecule has 0 spiro atoms. The summed E-state index contributed by atoms with van der Waals surface area (Å²) in [7, 11) is 0. The number of ether oxygens (including phenoxy) is 1. The molecule has 0 aliphatic carbocycles. The Morgan fingerprint density at radius 2 is 1.89 bits per heavy atom. The van der Waals surface area contributed by atoms with E-state index in [1.165, 1.54) is 29.2 Å². The number of pyridine rings is 1. The Balaban J connectivity index is 1.55. The highest BCUT2D eigenvalue weighted by atomic mass is 32.2. The molecule has 38 heavy (non-hydrogen) atoms. The zero-order valence-electron chi connectivity index (χ0n) is 20.4. The minimum absolute atomic E-state index is 0.0402. The van der Waals surface area contributed by atoms with Crippen molar-refractivity contribution in [3.63, 3.8) is 0 Å². The van der Waals surface area contributed by atoms with Crippen molar-refractivity contribution in [3.8, 4) is 29.0 Å². The Hall–Kier alpha value is -4.16. The molecule has 0 saturated carbocycles. The topological polar surface area (TPSA) is 141 Å². The Morgan fingerprint density at radius 1 is 1.13 bits per heavy atom. The van der Waals surface area contributed by atoms with Gasteiger partial charge in [-0.15, -0.1) is 11.3 Å². The van der Waals surface area contributed by atoms with Crippen molar-refractivity contribution in [1.82, 2.24) is 9.97 Å². The summed E-state index contributed by atoms with van der Waals surface area (Å²) in [5, 5.41) is 34.8. The van der Waals surface area contributed by atoms with Crippen molar-refractivity contribution >= 4 is 39.7 Å². The van der Waals surface area contributed by atoms with Gasteiger partial charge in [-0.1, -0.05) is 23.9 Å². The number of aliphatic hydroxyl groups is 1. The molecule has 0 aliphatic heterocycles. The lowest BCUT2D eigenvalue weighted by Gasteiger charge is -2.13. The third-order valence-electron chi connectivity index (χ3n) is 5.45. The van der Waals surface area contributed by atoms with Crippen LogP contribution in [0.4, 0.5) is 21.0 Å². The van der Waals surface area contributed by atoms with E-state index in [1.807, 2.05) is 5.38 Å². The largest absolute Gasteiger partial charge is 0.494 e. The first kappa shape index (κ1) is 26.9. The molecule has 2 aromatic carbocycles. The molecule has 8 nitrogen and oxygen atoms in total. The van der Waals surface area contributed by atoms with E-state index < -0.39 is 0 Å². The first-order valence-electron chi connectivity index (χ1n) is 11.5. The van der Waals surface area contributed by atoms with E-state index >= 15 is 0 Å². The summed E-state index contributed by atoms with van der Waals surface area (Å²) in [5.41, 5.74) is 9.61. The number of halogens is 1. The van der Waals surface area contributed by atoms with Gasteiger partial charge in [0, 0.05) is 35.4 Å². The van der Waals surface area contributed by atoms with Gasteiger partial charge in [0.05, 0.1) is 17.9 Å². The smallest absolute Gasteiger partial charge is 0.187 e. The molecule has 4 N–H and O–H groups in total. The maximum Gasteiger partial charge on any atom is 0.187 e. The van der Waals surface area contributed by atoms with Gasteiger partial charge in [0.15, 0.2) is 5.13 Å². The summed E-state index contributed by atoms with van der Waals surface area (Å²) in [6.45, 7) is 2.12. The van der Waals surface area contributed by atoms with Crippen LogP contribution in [-0.4, -0.2) is 28.3 Å². The summed E-state index contributed by atoms with van der Waals surface area (Å²) in [4.78, 5) is 8.92. The molecular formula is C27H23FN6O2S2. The second-order valence-electron chi connectivity index (χ2n) is 8.12. The first-order valence-corrected chi connectivity index (χ1v) is 13.4. The van der Waals surface area contributed by atoms with Crippen molar-refractivity contribution in [3.05, 3.63) is 76.0 Å². The zero-order valence-corrected chi connectivity index (χ0v) is 22.0. The van der Waals surface area contributed by atoms with Crippen LogP contribution in [0.15, 0.2) is 52.9 Å². The van der Waals surface area contributed by atoms with Crippen LogP contribution in [0.1, 0.15) is 28.8 Å². The Kier molecular flexibility index (Phi) is 8.77. The quantitative estimate of drug-likeness (QED) is 0.167. The molecule has 0 radical (unpaired) electrons. The highest BCUT2D eigenvalue weighted by Crippen LogP contribution is 2.37. The zero-order chi connectivity index (χ0) is 27.1. The molecule has 192 valence electrons. The summed E-state index contributed by atoms with van der Waals surface area (Å²) in [5.74, 6) is 0.806. The molecule has 2 aromatic heterocycles. The van der Waals surface area contributed by atoms with Gasteiger partial charge in [-0.25, -0.2) is 14.4 Å². The van der Waals surface area contributed by atoms with Gasteiger partial charge in [0.1, 0.15) is 40.1 Å². The van der Waals surface area contributed by atoms with Crippen molar-refractivity contribution < 1.29 is 14.2 Å². The van der Waals surface area contributed by atoms with Gasteiger partial charge in [-0.2, -0.15) is 10.5 Å². The number of hydrogen-bond acceptors (Lipinski definition) is 10. The summed E-state index contributed by atoms with van der Waals surface area (Å²) in [6.07, 6.45) is 0.517. The van der Waals surface area contributed by atoms with Crippen LogP contribution in [0.5, 0.6) is 5.75 Å². The third-order valence-corrected chi connectivity index (χ3v) is 7.26. The predicted molar refractivity (Wildman–Crippen MR) is 147 cm³/mol. The number of thiazole rings is 1. The van der Waals surface area contributed by atoms with Crippen molar-refractivity contribution in [2.75, 3.05) is 24.3 Å². The van der Waals surface area contributed by atoms with E-state index in [9.17, 15) is 14.9 Å². The third kappa shape index (κ3) is 6.21. The molecule has 11 heteroatoms. The van der Waals surface area contributed by atoms with Crippen LogP contribution < -0.4 is 15.8 Å². The van der Waals surface area contributed by atoms with Crippen LogP contribution in [0.25, 0.3) is 11.1 Å². The Labute approximate surface area is 227 Å². The molecule has 2 heterocycles. The average molecular weight is 547 g/mol. The van der Waals surface area contributed by atoms with Gasteiger partial charge in [0.2, 0.25) is 0 Å². The predicted octanol–water partition coefficient (Wildman–Crippen LogP) is 5.78. The van der Waals surface area contributed by atoms with Crippen molar-refractivity contribution in [1.29, 1.82) is 10.5 Å². The van der Waals surface area contributed by atoms with E-state index in [0.717, 1.165) is 11.4 Å². The molecule has 0 saturated heterocycles. The number of aryl methyl sites for hydroxylation is 1.